The van der Waals surface area contributed by atoms with Gasteiger partial charge in [-0.1, -0.05) is 17.5 Å². The van der Waals surface area contributed by atoms with Crippen molar-refractivity contribution in [2.45, 2.75) is 6.92 Å². The van der Waals surface area contributed by atoms with E-state index in [1.165, 1.54) is 0 Å². The van der Waals surface area contributed by atoms with Crippen molar-refractivity contribution in [3.05, 3.63) is 35.2 Å². The highest BCUT2D eigenvalue weighted by molar-refractivity contribution is 6.32. The zero-order valence-electron chi connectivity index (χ0n) is 6.73. The summed E-state index contributed by atoms with van der Waals surface area (Å²) in [5, 5.41) is 0.522. The number of hydrogen-bond acceptors (Lipinski definition) is 1. The molecule has 0 aliphatic rings. The standard InChI is InChI=1S/C10H8ClO/c1-3-8-5-6-10(12-4-2)9(11)7-8/h5-7H,4H2,2H3. The molecule has 1 aromatic rings. The van der Waals surface area contributed by atoms with Crippen molar-refractivity contribution in [3.63, 3.8) is 0 Å². The first-order valence-electron chi connectivity index (χ1n) is 3.63. The average molecular weight is 180 g/mol. The lowest BCUT2D eigenvalue weighted by Crippen LogP contribution is -1.91. The van der Waals surface area contributed by atoms with Gasteiger partial charge in [-0.15, -0.1) is 0 Å². The Morgan fingerprint density at radius 3 is 2.83 bits per heavy atom. The van der Waals surface area contributed by atoms with Gasteiger partial charge in [0, 0.05) is 5.56 Å². The van der Waals surface area contributed by atoms with E-state index in [-0.39, 0.29) is 0 Å². The lowest BCUT2D eigenvalue weighted by molar-refractivity contribution is 0.340. The summed E-state index contributed by atoms with van der Waals surface area (Å²) < 4.78 is 5.22. The van der Waals surface area contributed by atoms with Crippen molar-refractivity contribution in [1.82, 2.24) is 0 Å². The Morgan fingerprint density at radius 1 is 1.58 bits per heavy atom. The van der Waals surface area contributed by atoms with Crippen LogP contribution in [0.4, 0.5) is 0 Å². The number of ether oxygens (including phenoxy) is 1. The quantitative estimate of drug-likeness (QED) is 0.635. The molecule has 0 aromatic heterocycles. The molecular formula is C10H8ClO. The molecule has 1 radical (unpaired) electrons. The average Bonchev–Trinajstić information content (AvgIpc) is 2.09. The fourth-order valence-electron chi connectivity index (χ4n) is 0.851. The molecule has 61 valence electrons. The maximum Gasteiger partial charge on any atom is 0.137 e. The van der Waals surface area contributed by atoms with E-state index < -0.39 is 0 Å². The molecule has 0 fully saturated rings. The second kappa shape index (κ2) is 4.04. The summed E-state index contributed by atoms with van der Waals surface area (Å²) in [6, 6.07) is 5.13. The topological polar surface area (TPSA) is 9.23 Å². The highest BCUT2D eigenvalue weighted by Gasteiger charge is 1.99. The maximum absolute atomic E-state index is 6.86. The van der Waals surface area contributed by atoms with Crippen LogP contribution in [0.1, 0.15) is 12.5 Å². The zero-order chi connectivity index (χ0) is 8.97. The second-order valence-electron chi connectivity index (χ2n) is 2.20. The molecule has 1 aromatic carbocycles. The van der Waals surface area contributed by atoms with Crippen LogP contribution in [-0.4, -0.2) is 6.61 Å². The molecule has 0 bridgehead atoms. The summed E-state index contributed by atoms with van der Waals surface area (Å²) in [5.74, 6) is 2.90. The summed E-state index contributed by atoms with van der Waals surface area (Å²) in [6.07, 6.45) is 6.86. The minimum Gasteiger partial charge on any atom is -0.492 e. The summed E-state index contributed by atoms with van der Waals surface area (Å²) in [4.78, 5) is 0. The largest absolute Gasteiger partial charge is 0.492 e. The Kier molecular flexibility index (Phi) is 3.01. The molecule has 1 nitrogen and oxygen atoms in total. The molecule has 1 rings (SSSR count). The molecule has 0 heterocycles. The van der Waals surface area contributed by atoms with E-state index in [2.05, 4.69) is 5.92 Å². The fraction of sp³-hybridized carbons (Fsp3) is 0.200. The molecular weight excluding hydrogens is 172 g/mol. The first-order chi connectivity index (χ1) is 5.77. The van der Waals surface area contributed by atoms with Crippen molar-refractivity contribution >= 4 is 11.6 Å². The van der Waals surface area contributed by atoms with E-state index >= 15 is 0 Å². The van der Waals surface area contributed by atoms with Crippen LogP contribution in [0.25, 0.3) is 0 Å². The zero-order valence-corrected chi connectivity index (χ0v) is 7.48. The first kappa shape index (κ1) is 8.96. The number of hydrogen-bond donors (Lipinski definition) is 0. The van der Waals surface area contributed by atoms with Gasteiger partial charge in [-0.3, -0.25) is 0 Å². The highest BCUT2D eigenvalue weighted by Crippen LogP contribution is 2.24. The lowest BCUT2D eigenvalue weighted by Gasteiger charge is -2.04. The Hall–Kier alpha value is -1.13. The Bertz CT molecular complexity index is 312. The number of rotatable bonds is 2. The van der Waals surface area contributed by atoms with Crippen LogP contribution < -0.4 is 4.74 Å². The van der Waals surface area contributed by atoms with Gasteiger partial charge < -0.3 is 4.74 Å². The SMILES string of the molecule is [C]#Cc1ccc(OCC)c(Cl)c1. The third-order valence-corrected chi connectivity index (χ3v) is 1.67. The van der Waals surface area contributed by atoms with Crippen LogP contribution in [0.15, 0.2) is 18.2 Å². The van der Waals surface area contributed by atoms with E-state index in [1.807, 2.05) is 6.92 Å². The third kappa shape index (κ3) is 1.93. The lowest BCUT2D eigenvalue weighted by atomic mass is 10.2. The fourth-order valence-corrected chi connectivity index (χ4v) is 1.09. The van der Waals surface area contributed by atoms with Gasteiger partial charge >= 0.3 is 0 Å². The van der Waals surface area contributed by atoms with E-state index in [0.29, 0.717) is 22.9 Å². The summed E-state index contributed by atoms with van der Waals surface area (Å²) in [6.45, 7) is 2.49. The predicted molar refractivity (Wildman–Crippen MR) is 48.9 cm³/mol. The molecule has 0 saturated carbocycles. The van der Waals surface area contributed by atoms with Crippen molar-refractivity contribution in [3.8, 4) is 11.7 Å². The summed E-state index contributed by atoms with van der Waals surface area (Å²) in [7, 11) is 0. The maximum atomic E-state index is 6.86. The molecule has 2 heteroatoms. The van der Waals surface area contributed by atoms with Crippen molar-refractivity contribution < 1.29 is 4.74 Å². The van der Waals surface area contributed by atoms with Gasteiger partial charge in [0.1, 0.15) is 5.75 Å². The molecule has 0 unspecified atom stereocenters. The van der Waals surface area contributed by atoms with E-state index in [4.69, 9.17) is 22.8 Å². The smallest absolute Gasteiger partial charge is 0.137 e. The second-order valence-corrected chi connectivity index (χ2v) is 2.61. The molecule has 0 atom stereocenters. The minimum absolute atomic E-state index is 0.522. The molecule has 0 saturated heterocycles. The number of halogens is 1. The van der Waals surface area contributed by atoms with Crippen LogP contribution in [0, 0.1) is 12.3 Å². The first-order valence-corrected chi connectivity index (χ1v) is 4.00. The predicted octanol–water partition coefficient (Wildman–Crippen LogP) is 2.68. The van der Waals surface area contributed by atoms with Gasteiger partial charge in [0.15, 0.2) is 0 Å². The van der Waals surface area contributed by atoms with E-state index in [0.717, 1.165) is 0 Å². The molecule has 12 heavy (non-hydrogen) atoms. The molecule has 0 amide bonds. The van der Waals surface area contributed by atoms with Gasteiger partial charge in [0.05, 0.1) is 11.6 Å². The third-order valence-electron chi connectivity index (χ3n) is 1.38. The summed E-state index contributed by atoms with van der Waals surface area (Å²) >= 11 is 5.84. The Labute approximate surface area is 77.3 Å². The van der Waals surface area contributed by atoms with Gasteiger partial charge in [-0.05, 0) is 31.5 Å². The number of benzene rings is 1. The molecule has 0 aliphatic carbocycles. The van der Waals surface area contributed by atoms with E-state index in [1.54, 1.807) is 18.2 Å². The van der Waals surface area contributed by atoms with Crippen LogP contribution in [0.3, 0.4) is 0 Å². The minimum atomic E-state index is 0.522. The highest BCUT2D eigenvalue weighted by atomic mass is 35.5. The van der Waals surface area contributed by atoms with Crippen molar-refractivity contribution in [1.29, 1.82) is 0 Å². The Morgan fingerprint density at radius 2 is 2.33 bits per heavy atom. The summed E-state index contributed by atoms with van der Waals surface area (Å²) in [5.41, 5.74) is 0.656. The van der Waals surface area contributed by atoms with Crippen molar-refractivity contribution in [2.24, 2.45) is 0 Å². The Balaban J connectivity index is 2.97. The van der Waals surface area contributed by atoms with Crippen LogP contribution in [0.2, 0.25) is 5.02 Å². The van der Waals surface area contributed by atoms with E-state index in [9.17, 15) is 0 Å². The van der Waals surface area contributed by atoms with Gasteiger partial charge in [-0.25, -0.2) is 0 Å². The van der Waals surface area contributed by atoms with Crippen LogP contribution in [0.5, 0.6) is 5.75 Å². The monoisotopic (exact) mass is 179 g/mol. The van der Waals surface area contributed by atoms with Gasteiger partial charge in [-0.2, -0.15) is 0 Å². The molecule has 0 aliphatic heterocycles. The molecule has 0 N–H and O–H groups in total. The van der Waals surface area contributed by atoms with Crippen molar-refractivity contribution in [2.75, 3.05) is 6.61 Å². The van der Waals surface area contributed by atoms with Crippen LogP contribution in [-0.2, 0) is 0 Å². The van der Waals surface area contributed by atoms with Gasteiger partial charge in [0.2, 0.25) is 0 Å². The normalized spacial score (nSPS) is 9.08. The van der Waals surface area contributed by atoms with Gasteiger partial charge in [0.25, 0.3) is 0 Å². The molecule has 0 spiro atoms. The van der Waals surface area contributed by atoms with Crippen LogP contribution >= 0.6 is 11.6 Å².